The quantitative estimate of drug-likeness (QED) is 0.232. The molecule has 1 amide bonds. The minimum absolute atomic E-state index is 0.0162. The van der Waals surface area contributed by atoms with E-state index in [0.29, 0.717) is 27.7 Å². The highest BCUT2D eigenvalue weighted by molar-refractivity contribution is 7.80. The highest BCUT2D eigenvalue weighted by Gasteiger charge is 2.19. The molecule has 10 heteroatoms. The number of hydrogen-bond acceptors (Lipinski definition) is 6. The Hall–Kier alpha value is -3.82. The maximum atomic E-state index is 12.6. The minimum Gasteiger partial charge on any atom is -0.436 e. The van der Waals surface area contributed by atoms with E-state index in [1.807, 2.05) is 24.3 Å². The van der Waals surface area contributed by atoms with Crippen LogP contribution in [0.15, 0.2) is 65.1 Å². The normalized spacial score (nSPS) is 10.7. The Morgan fingerprint density at radius 1 is 1.16 bits per heavy atom. The van der Waals surface area contributed by atoms with Crippen molar-refractivity contribution in [3.63, 3.8) is 0 Å². The van der Waals surface area contributed by atoms with Gasteiger partial charge in [0, 0.05) is 22.8 Å². The second-order valence-corrected chi connectivity index (χ2v) is 7.61. The molecule has 0 aliphatic rings. The molecule has 4 aromatic rings. The van der Waals surface area contributed by atoms with Gasteiger partial charge in [-0.3, -0.25) is 20.2 Å². The number of aromatic nitrogens is 1. The molecule has 32 heavy (non-hydrogen) atoms. The number of para-hydroxylation sites is 2. The monoisotopic (exact) mass is 466 g/mol. The number of oxazole rings is 1. The van der Waals surface area contributed by atoms with E-state index in [-0.39, 0.29) is 21.9 Å². The molecule has 0 radical (unpaired) electrons. The van der Waals surface area contributed by atoms with Crippen LogP contribution in [0.4, 0.5) is 11.4 Å². The number of nitro benzene ring substituents is 1. The summed E-state index contributed by atoms with van der Waals surface area (Å²) in [6.45, 7) is 1.50. The Bertz CT molecular complexity index is 1350. The molecule has 0 aliphatic heterocycles. The van der Waals surface area contributed by atoms with Crippen LogP contribution in [-0.4, -0.2) is 20.9 Å². The van der Waals surface area contributed by atoms with Crippen LogP contribution in [0.25, 0.3) is 22.6 Å². The number of fused-ring (bicyclic) bond motifs is 1. The topological polar surface area (TPSA) is 110 Å². The van der Waals surface area contributed by atoms with Crippen LogP contribution < -0.4 is 10.6 Å². The van der Waals surface area contributed by atoms with Crippen molar-refractivity contribution in [3.05, 3.63) is 86.9 Å². The summed E-state index contributed by atoms with van der Waals surface area (Å²) >= 11 is 11.5. The number of nitrogens with one attached hydrogen (secondary N) is 2. The van der Waals surface area contributed by atoms with Gasteiger partial charge < -0.3 is 9.73 Å². The van der Waals surface area contributed by atoms with E-state index in [9.17, 15) is 14.9 Å². The van der Waals surface area contributed by atoms with E-state index in [1.165, 1.54) is 25.1 Å². The number of carbonyl (C=O) groups excluding carboxylic acids is 1. The van der Waals surface area contributed by atoms with Crippen molar-refractivity contribution in [1.82, 2.24) is 10.3 Å². The van der Waals surface area contributed by atoms with Gasteiger partial charge in [-0.2, -0.15) is 0 Å². The Labute approximate surface area is 192 Å². The van der Waals surface area contributed by atoms with Crippen LogP contribution in [0.1, 0.15) is 15.9 Å². The van der Waals surface area contributed by atoms with Crippen molar-refractivity contribution in [2.45, 2.75) is 6.92 Å². The number of benzene rings is 3. The van der Waals surface area contributed by atoms with Gasteiger partial charge in [-0.1, -0.05) is 29.8 Å². The molecule has 1 aromatic heterocycles. The van der Waals surface area contributed by atoms with E-state index in [2.05, 4.69) is 15.6 Å². The van der Waals surface area contributed by atoms with Crippen molar-refractivity contribution in [2.75, 3.05) is 5.32 Å². The van der Waals surface area contributed by atoms with Gasteiger partial charge in [0.15, 0.2) is 10.7 Å². The molecule has 0 saturated heterocycles. The molecule has 0 unspecified atom stereocenters. The van der Waals surface area contributed by atoms with E-state index >= 15 is 0 Å². The standard InChI is InChI=1S/C22H15ClN4O4S/c1-12-14(5-4-7-18(12)27(29)30)20(28)26-22(32)25-17-11-13(9-10-15(17)23)21-24-16-6-2-3-8-19(16)31-21/h2-11H,1H3,(H2,25,26,28,32). The third-order valence-electron chi connectivity index (χ3n) is 4.73. The second kappa shape index (κ2) is 8.74. The lowest BCUT2D eigenvalue weighted by Gasteiger charge is -2.12. The second-order valence-electron chi connectivity index (χ2n) is 6.80. The number of amides is 1. The number of carbonyl (C=O) groups is 1. The number of anilines is 1. The fourth-order valence-electron chi connectivity index (χ4n) is 3.14. The van der Waals surface area contributed by atoms with Crippen molar-refractivity contribution >= 4 is 57.3 Å². The molecule has 4 rings (SSSR count). The average Bonchev–Trinajstić information content (AvgIpc) is 3.19. The Morgan fingerprint density at radius 3 is 2.69 bits per heavy atom. The first-order valence-corrected chi connectivity index (χ1v) is 10.1. The van der Waals surface area contributed by atoms with E-state index in [1.54, 1.807) is 18.2 Å². The summed E-state index contributed by atoms with van der Waals surface area (Å²) in [4.78, 5) is 27.6. The lowest BCUT2D eigenvalue weighted by molar-refractivity contribution is -0.385. The highest BCUT2D eigenvalue weighted by Crippen LogP contribution is 2.30. The van der Waals surface area contributed by atoms with Gasteiger partial charge in [-0.15, -0.1) is 0 Å². The summed E-state index contributed by atoms with van der Waals surface area (Å²) in [5, 5.41) is 16.9. The van der Waals surface area contributed by atoms with Gasteiger partial charge in [0.25, 0.3) is 11.6 Å². The summed E-state index contributed by atoms with van der Waals surface area (Å²) in [5.74, 6) is -0.164. The molecule has 160 valence electrons. The Kier molecular flexibility index (Phi) is 5.85. The first kappa shape index (κ1) is 21.4. The lowest BCUT2D eigenvalue weighted by atomic mass is 10.1. The molecule has 0 saturated carbocycles. The fraction of sp³-hybridized carbons (Fsp3) is 0.0455. The van der Waals surface area contributed by atoms with Crippen LogP contribution in [0, 0.1) is 17.0 Å². The van der Waals surface area contributed by atoms with Crippen molar-refractivity contribution in [1.29, 1.82) is 0 Å². The maximum Gasteiger partial charge on any atom is 0.273 e. The zero-order valence-corrected chi connectivity index (χ0v) is 18.2. The van der Waals surface area contributed by atoms with E-state index in [0.717, 1.165) is 5.52 Å². The summed E-state index contributed by atoms with van der Waals surface area (Å²) < 4.78 is 5.78. The van der Waals surface area contributed by atoms with Gasteiger partial charge in [0.1, 0.15) is 5.52 Å². The smallest absolute Gasteiger partial charge is 0.273 e. The van der Waals surface area contributed by atoms with Crippen LogP contribution in [0.2, 0.25) is 5.02 Å². The molecule has 2 N–H and O–H groups in total. The third-order valence-corrected chi connectivity index (χ3v) is 5.26. The number of nitrogens with zero attached hydrogens (tertiary/aromatic N) is 2. The SMILES string of the molecule is Cc1c(C(=O)NC(=S)Nc2cc(-c3nc4ccccc4o3)ccc2Cl)cccc1[N+](=O)[O-]. The van der Waals surface area contributed by atoms with Gasteiger partial charge >= 0.3 is 0 Å². The summed E-state index contributed by atoms with van der Waals surface area (Å²) in [6, 6.07) is 16.8. The molecule has 0 spiro atoms. The van der Waals surface area contributed by atoms with Crippen LogP contribution in [-0.2, 0) is 0 Å². The molecular weight excluding hydrogens is 452 g/mol. The van der Waals surface area contributed by atoms with Crippen LogP contribution in [0.5, 0.6) is 0 Å². The number of nitro groups is 1. The predicted octanol–water partition coefficient (Wildman–Crippen LogP) is 5.49. The summed E-state index contributed by atoms with van der Waals surface area (Å²) in [5.41, 5.74) is 2.72. The third kappa shape index (κ3) is 4.29. The van der Waals surface area contributed by atoms with E-state index < -0.39 is 10.8 Å². The summed E-state index contributed by atoms with van der Waals surface area (Å²) in [7, 11) is 0. The first-order valence-electron chi connectivity index (χ1n) is 9.35. The van der Waals surface area contributed by atoms with Gasteiger partial charge in [-0.05, 0) is 55.5 Å². The van der Waals surface area contributed by atoms with Gasteiger partial charge in [-0.25, -0.2) is 4.98 Å². The van der Waals surface area contributed by atoms with Crippen LogP contribution >= 0.6 is 23.8 Å². The predicted molar refractivity (Wildman–Crippen MR) is 126 cm³/mol. The lowest BCUT2D eigenvalue weighted by Crippen LogP contribution is -2.34. The van der Waals surface area contributed by atoms with Gasteiger partial charge in [0.2, 0.25) is 5.89 Å². The molecular formula is C22H15ClN4O4S. The number of halogens is 1. The Balaban J connectivity index is 1.53. The average molecular weight is 467 g/mol. The molecule has 0 bridgehead atoms. The molecule has 3 aromatic carbocycles. The minimum atomic E-state index is -0.574. The van der Waals surface area contributed by atoms with Crippen molar-refractivity contribution in [2.24, 2.45) is 0 Å². The van der Waals surface area contributed by atoms with Gasteiger partial charge in [0.05, 0.1) is 15.6 Å². The van der Waals surface area contributed by atoms with Crippen LogP contribution in [0.3, 0.4) is 0 Å². The molecule has 8 nitrogen and oxygen atoms in total. The summed E-state index contributed by atoms with van der Waals surface area (Å²) in [6.07, 6.45) is 0. The largest absolute Gasteiger partial charge is 0.436 e. The maximum absolute atomic E-state index is 12.6. The van der Waals surface area contributed by atoms with E-state index in [4.69, 9.17) is 28.2 Å². The number of rotatable bonds is 4. The number of thiocarbonyl (C=S) groups is 1. The molecule has 1 heterocycles. The Morgan fingerprint density at radius 2 is 1.94 bits per heavy atom. The number of hydrogen-bond donors (Lipinski definition) is 2. The zero-order chi connectivity index (χ0) is 22.8. The fourth-order valence-corrected chi connectivity index (χ4v) is 3.51. The zero-order valence-electron chi connectivity index (χ0n) is 16.6. The van der Waals surface area contributed by atoms with Crippen molar-refractivity contribution < 1.29 is 14.1 Å². The van der Waals surface area contributed by atoms with Crippen molar-refractivity contribution in [3.8, 4) is 11.5 Å². The molecule has 0 atom stereocenters. The first-order chi connectivity index (χ1) is 15.3. The molecule has 0 aliphatic carbocycles. The molecule has 0 fully saturated rings. The highest BCUT2D eigenvalue weighted by atomic mass is 35.5.